The number of nitrogens with one attached hydrogen (secondary N) is 2. The van der Waals surface area contributed by atoms with Crippen LogP contribution in [0.2, 0.25) is 0 Å². The number of hydrogen-bond acceptors (Lipinski definition) is 10. The maximum absolute atomic E-state index is 12.2. The van der Waals surface area contributed by atoms with Crippen LogP contribution in [0.4, 0.5) is 15.7 Å². The number of urea groups is 1. The van der Waals surface area contributed by atoms with Crippen molar-refractivity contribution in [1.82, 2.24) is 30.2 Å². The van der Waals surface area contributed by atoms with Gasteiger partial charge in [-0.25, -0.2) is 29.7 Å². The van der Waals surface area contributed by atoms with Gasteiger partial charge in [0.05, 0.1) is 21.3 Å². The Labute approximate surface area is 240 Å². The summed E-state index contributed by atoms with van der Waals surface area (Å²) in [5.74, 6) is 0.246. The molecule has 2 amide bonds. The molecule has 0 saturated carbocycles. The van der Waals surface area contributed by atoms with Gasteiger partial charge in [0.25, 0.3) is 0 Å². The fourth-order valence-corrected chi connectivity index (χ4v) is 5.61. The second kappa shape index (κ2) is 11.0. The van der Waals surface area contributed by atoms with E-state index in [1.54, 1.807) is 33.2 Å². The van der Waals surface area contributed by atoms with Crippen molar-refractivity contribution in [2.45, 2.75) is 46.1 Å². The van der Waals surface area contributed by atoms with E-state index < -0.39 is 17.0 Å². The van der Waals surface area contributed by atoms with Crippen LogP contribution < -0.4 is 15.5 Å². The molecule has 1 aliphatic rings. The molecule has 1 aliphatic heterocycles. The lowest BCUT2D eigenvalue weighted by Crippen LogP contribution is -2.43. The Morgan fingerprint density at radius 2 is 1.78 bits per heavy atom. The van der Waals surface area contributed by atoms with Crippen molar-refractivity contribution in [2.24, 2.45) is 5.41 Å². The third-order valence-corrected chi connectivity index (χ3v) is 8.24. The van der Waals surface area contributed by atoms with Crippen molar-refractivity contribution >= 4 is 44.5 Å². The Morgan fingerprint density at radius 1 is 1.07 bits per heavy atom. The largest absolute Gasteiger partial charge is 0.481 e. The minimum Gasteiger partial charge on any atom is -0.481 e. The molecule has 0 unspecified atom stereocenters. The maximum atomic E-state index is 12.2. The molecule has 1 saturated heterocycles. The molecule has 0 spiro atoms. The van der Waals surface area contributed by atoms with Crippen molar-refractivity contribution in [3.05, 3.63) is 42.7 Å². The van der Waals surface area contributed by atoms with E-state index in [9.17, 15) is 19.8 Å². The van der Waals surface area contributed by atoms with Gasteiger partial charge in [0.1, 0.15) is 17.7 Å². The van der Waals surface area contributed by atoms with Gasteiger partial charge in [0.15, 0.2) is 11.0 Å². The van der Waals surface area contributed by atoms with Crippen LogP contribution in [0.15, 0.2) is 36.9 Å². The highest BCUT2D eigenvalue weighted by molar-refractivity contribution is 7.22. The van der Waals surface area contributed by atoms with Crippen molar-refractivity contribution in [2.75, 3.05) is 29.9 Å². The molecule has 4 heterocycles. The second-order valence-electron chi connectivity index (χ2n) is 10.8. The Balaban J connectivity index is 1.55. The Hall–Kier alpha value is -4.23. The highest BCUT2D eigenvalue weighted by Gasteiger charge is 2.37. The monoisotopic (exact) mass is 576 g/mol. The fraction of sp³-hybridized carbons (Fsp3) is 0.393. The molecule has 0 aliphatic carbocycles. The van der Waals surface area contributed by atoms with Crippen molar-refractivity contribution in [3.63, 3.8) is 0 Å². The van der Waals surface area contributed by atoms with Crippen LogP contribution in [-0.2, 0) is 10.4 Å². The first-order valence-corrected chi connectivity index (χ1v) is 14.1. The summed E-state index contributed by atoms with van der Waals surface area (Å²) >= 11 is 1.34. The summed E-state index contributed by atoms with van der Waals surface area (Å²) in [4.78, 5) is 48.4. The summed E-state index contributed by atoms with van der Waals surface area (Å²) in [7, 11) is 0. The van der Waals surface area contributed by atoms with Gasteiger partial charge in [-0.2, -0.15) is 0 Å². The molecule has 214 valence electrons. The van der Waals surface area contributed by atoms with E-state index in [1.807, 2.05) is 25.1 Å². The van der Waals surface area contributed by atoms with Gasteiger partial charge >= 0.3 is 12.0 Å². The lowest BCUT2D eigenvalue weighted by atomic mass is 9.80. The number of nitrogens with zero attached hydrogens (tertiary/aromatic N) is 6. The first-order chi connectivity index (χ1) is 19.5. The Bertz CT molecular complexity index is 1590. The van der Waals surface area contributed by atoms with Gasteiger partial charge in [-0.15, -0.1) is 0 Å². The van der Waals surface area contributed by atoms with Crippen LogP contribution in [-0.4, -0.2) is 66.8 Å². The lowest BCUT2D eigenvalue weighted by molar-refractivity contribution is -0.149. The van der Waals surface area contributed by atoms with Gasteiger partial charge < -0.3 is 20.4 Å². The van der Waals surface area contributed by atoms with E-state index >= 15 is 0 Å². The molecule has 41 heavy (non-hydrogen) atoms. The molecule has 5 rings (SSSR count). The topological polar surface area (TPSA) is 166 Å². The quantitative estimate of drug-likeness (QED) is 0.249. The number of anilines is 2. The molecule has 4 N–H and O–H groups in total. The second-order valence-corrected chi connectivity index (χ2v) is 11.8. The number of aromatic nitrogens is 5. The van der Waals surface area contributed by atoms with E-state index in [2.05, 4.69) is 40.5 Å². The number of aliphatic carboxylic acids is 1. The molecule has 12 nitrogen and oxygen atoms in total. The normalized spacial score (nSPS) is 15.1. The number of carboxylic acid groups (broad SMARTS) is 1. The Kier molecular flexibility index (Phi) is 7.58. The number of benzene rings is 1. The van der Waals surface area contributed by atoms with Crippen molar-refractivity contribution in [3.8, 4) is 22.4 Å². The molecular weight excluding hydrogens is 544 g/mol. The smallest absolute Gasteiger partial charge is 0.321 e. The van der Waals surface area contributed by atoms with Gasteiger partial charge in [0.2, 0.25) is 0 Å². The zero-order chi connectivity index (χ0) is 29.4. The van der Waals surface area contributed by atoms with Crippen molar-refractivity contribution in [1.29, 1.82) is 0 Å². The van der Waals surface area contributed by atoms with Gasteiger partial charge in [-0.3, -0.25) is 10.1 Å². The number of piperidine rings is 1. The molecule has 0 radical (unpaired) electrons. The number of hydrogen-bond donors (Lipinski definition) is 4. The van der Waals surface area contributed by atoms with Crippen LogP contribution in [0.5, 0.6) is 0 Å². The first kappa shape index (κ1) is 28.3. The zero-order valence-electron chi connectivity index (χ0n) is 23.3. The summed E-state index contributed by atoms with van der Waals surface area (Å²) in [6, 6.07) is 5.43. The van der Waals surface area contributed by atoms with E-state index in [0.29, 0.717) is 60.5 Å². The molecule has 4 aromatic rings. The van der Waals surface area contributed by atoms with Crippen LogP contribution in [0.25, 0.3) is 32.6 Å². The van der Waals surface area contributed by atoms with Crippen LogP contribution in [0, 0.1) is 5.41 Å². The van der Waals surface area contributed by atoms with Crippen LogP contribution in [0.1, 0.15) is 46.4 Å². The molecule has 3 aromatic heterocycles. The number of fused-ring (bicyclic) bond motifs is 1. The molecular formula is C28H32N8O4S. The minimum absolute atomic E-state index is 0.311. The van der Waals surface area contributed by atoms with Gasteiger partial charge in [0, 0.05) is 49.2 Å². The molecule has 1 aromatic carbocycles. The molecule has 13 heteroatoms. The summed E-state index contributed by atoms with van der Waals surface area (Å²) in [6.45, 7) is 8.50. The summed E-state index contributed by atoms with van der Waals surface area (Å²) < 4.78 is 0.830. The number of amides is 2. The lowest BCUT2D eigenvalue weighted by Gasteiger charge is -2.37. The summed E-state index contributed by atoms with van der Waals surface area (Å²) in [5.41, 5.74) is 1.72. The third kappa shape index (κ3) is 5.95. The molecule has 1 fully saturated rings. The molecule has 0 atom stereocenters. The third-order valence-electron chi connectivity index (χ3n) is 7.22. The maximum Gasteiger partial charge on any atom is 0.321 e. The summed E-state index contributed by atoms with van der Waals surface area (Å²) in [5, 5.41) is 25.8. The zero-order valence-corrected chi connectivity index (χ0v) is 24.1. The highest BCUT2D eigenvalue weighted by Crippen LogP contribution is 2.39. The predicted octanol–water partition coefficient (Wildman–Crippen LogP) is 4.27. The fourth-order valence-electron chi connectivity index (χ4n) is 4.65. The number of thiazole rings is 1. The Morgan fingerprint density at radius 3 is 2.41 bits per heavy atom. The first-order valence-electron chi connectivity index (χ1n) is 13.3. The number of carbonyl (C=O) groups excluding carboxylic acids is 1. The van der Waals surface area contributed by atoms with E-state index in [1.165, 1.54) is 17.7 Å². The summed E-state index contributed by atoms with van der Waals surface area (Å²) in [6.07, 6.45) is 5.86. The average Bonchev–Trinajstić information content (AvgIpc) is 3.35. The van der Waals surface area contributed by atoms with Gasteiger partial charge in [-0.05, 0) is 58.2 Å². The highest BCUT2D eigenvalue weighted by atomic mass is 32.1. The standard InChI is InChI=1S/C28H32N8O4S/c1-5-29-25(39)35-26-34-20-11-16(17-13-30-23(31-14-17)27(2,3)40)10-18(22(20)41-26)19-12-21(33-15-32-19)36-8-6-28(4,7-9-36)24(37)38/h10-15,40H,5-9H2,1-4H3,(H,37,38)(H2,29,34,35,39). The predicted molar refractivity (Wildman–Crippen MR) is 157 cm³/mol. The number of carboxylic acids is 1. The minimum atomic E-state index is -1.17. The number of aliphatic hydroxyl groups is 1. The SMILES string of the molecule is CCNC(=O)Nc1nc2cc(-c3cnc(C(C)(C)O)nc3)cc(-c3cc(N4CCC(C)(C(=O)O)CC4)ncn3)c2s1. The average molecular weight is 577 g/mol. The van der Waals surface area contributed by atoms with E-state index in [0.717, 1.165) is 21.4 Å². The number of rotatable bonds is 7. The number of carbonyl (C=O) groups is 2. The van der Waals surface area contributed by atoms with Crippen molar-refractivity contribution < 1.29 is 19.8 Å². The molecule has 0 bridgehead atoms. The van der Waals surface area contributed by atoms with Gasteiger partial charge in [-0.1, -0.05) is 11.3 Å². The van der Waals surface area contributed by atoms with Crippen LogP contribution >= 0.6 is 11.3 Å². The van der Waals surface area contributed by atoms with E-state index in [-0.39, 0.29) is 6.03 Å². The van der Waals surface area contributed by atoms with Crippen LogP contribution in [0.3, 0.4) is 0 Å². The van der Waals surface area contributed by atoms with E-state index in [4.69, 9.17) is 0 Å².